The van der Waals surface area contributed by atoms with E-state index in [9.17, 15) is 9.59 Å². The van der Waals surface area contributed by atoms with Gasteiger partial charge < -0.3 is 23.7 Å². The maximum absolute atomic E-state index is 11.0. The molecule has 0 aromatic heterocycles. The number of carbonyl (C=O) groups excluding carboxylic acids is 2. The fourth-order valence-electron chi connectivity index (χ4n) is 1.58. The zero-order chi connectivity index (χ0) is 19.2. The molecular formula is C18H30O7. The fraction of sp³-hybridized carbons (Fsp3) is 0.667. The molecule has 0 bridgehead atoms. The minimum Gasteiger partial charge on any atom is -0.460 e. The van der Waals surface area contributed by atoms with E-state index in [-0.39, 0.29) is 37.6 Å². The predicted molar refractivity (Wildman–Crippen MR) is 93.1 cm³/mol. The number of hydrogen-bond donors (Lipinski definition) is 0. The Labute approximate surface area is 149 Å². The van der Waals surface area contributed by atoms with E-state index in [0.29, 0.717) is 13.2 Å². The summed E-state index contributed by atoms with van der Waals surface area (Å²) >= 11 is 0. The van der Waals surface area contributed by atoms with Crippen molar-refractivity contribution >= 4 is 11.9 Å². The molecular weight excluding hydrogens is 328 g/mol. The Kier molecular flexibility index (Phi) is 12.7. The van der Waals surface area contributed by atoms with Gasteiger partial charge in [0.05, 0.1) is 38.1 Å². The van der Waals surface area contributed by atoms with Crippen LogP contribution in [0.5, 0.6) is 0 Å². The van der Waals surface area contributed by atoms with Gasteiger partial charge in [-0.1, -0.05) is 13.2 Å². The number of ether oxygens (including phenoxy) is 5. The smallest absolute Gasteiger partial charge is 0.330 e. The van der Waals surface area contributed by atoms with E-state index in [1.54, 1.807) is 13.8 Å². The quantitative estimate of drug-likeness (QED) is 0.347. The van der Waals surface area contributed by atoms with Gasteiger partial charge in [-0.05, 0) is 27.7 Å². The van der Waals surface area contributed by atoms with Crippen LogP contribution in [0, 0.1) is 0 Å². The first-order chi connectivity index (χ1) is 11.8. The first-order valence-corrected chi connectivity index (χ1v) is 8.25. The van der Waals surface area contributed by atoms with Crippen LogP contribution in [-0.4, -0.2) is 62.8 Å². The molecule has 0 aromatic rings. The van der Waals surface area contributed by atoms with Crippen molar-refractivity contribution in [1.82, 2.24) is 0 Å². The third-order valence-corrected chi connectivity index (χ3v) is 2.96. The summed E-state index contributed by atoms with van der Waals surface area (Å²) in [4.78, 5) is 22.0. The summed E-state index contributed by atoms with van der Waals surface area (Å²) in [5.74, 6) is -0.947. The van der Waals surface area contributed by atoms with E-state index in [0.717, 1.165) is 12.2 Å². The minimum atomic E-state index is -0.473. The molecule has 0 heterocycles. The topological polar surface area (TPSA) is 80.3 Å². The number of rotatable bonds is 14. The molecule has 7 nitrogen and oxygen atoms in total. The highest BCUT2D eigenvalue weighted by atomic mass is 16.6. The second-order valence-corrected chi connectivity index (χ2v) is 5.72. The summed E-state index contributed by atoms with van der Waals surface area (Å²) in [7, 11) is 0. The maximum atomic E-state index is 11.0. The van der Waals surface area contributed by atoms with Crippen molar-refractivity contribution in [1.29, 1.82) is 0 Å². The van der Waals surface area contributed by atoms with Crippen molar-refractivity contribution < 1.29 is 33.3 Å². The van der Waals surface area contributed by atoms with Crippen LogP contribution in [0.2, 0.25) is 0 Å². The van der Waals surface area contributed by atoms with Crippen LogP contribution in [0.1, 0.15) is 27.7 Å². The van der Waals surface area contributed by atoms with E-state index in [1.165, 1.54) is 0 Å². The molecule has 25 heavy (non-hydrogen) atoms. The highest BCUT2D eigenvalue weighted by Gasteiger charge is 2.13. The second kappa shape index (κ2) is 13.6. The molecule has 0 aliphatic carbocycles. The van der Waals surface area contributed by atoms with Gasteiger partial charge in [-0.15, -0.1) is 0 Å². The van der Waals surface area contributed by atoms with Crippen molar-refractivity contribution in [2.24, 2.45) is 0 Å². The first-order valence-electron chi connectivity index (χ1n) is 8.25. The largest absolute Gasteiger partial charge is 0.460 e. The SMILES string of the molecule is C=CC(=O)OCC(C)OCC(C)OCC(C)OCC(C)OC(=O)C=C. The molecule has 0 aliphatic heterocycles. The standard InChI is InChI=1S/C18H30O7/c1-7-17(19)24-11-15(5)22-9-13(3)21-10-14(4)23-12-16(6)25-18(20)8-2/h7-8,13-16H,1-2,9-12H2,3-6H3. The zero-order valence-corrected chi connectivity index (χ0v) is 15.6. The average Bonchev–Trinajstić information content (AvgIpc) is 2.60. The summed E-state index contributed by atoms with van der Waals surface area (Å²) in [5, 5.41) is 0. The minimum absolute atomic E-state index is 0.139. The Morgan fingerprint density at radius 3 is 1.56 bits per heavy atom. The summed E-state index contributed by atoms with van der Waals surface area (Å²) in [6.45, 7) is 15.1. The van der Waals surface area contributed by atoms with Crippen LogP contribution in [0.3, 0.4) is 0 Å². The normalized spacial score (nSPS) is 15.5. The third-order valence-electron chi connectivity index (χ3n) is 2.96. The number of esters is 2. The van der Waals surface area contributed by atoms with Gasteiger partial charge in [0.25, 0.3) is 0 Å². The molecule has 144 valence electrons. The first kappa shape index (κ1) is 23.3. The van der Waals surface area contributed by atoms with E-state index in [4.69, 9.17) is 23.7 Å². The lowest BCUT2D eigenvalue weighted by Crippen LogP contribution is -2.28. The van der Waals surface area contributed by atoms with Crippen molar-refractivity contribution in [3.05, 3.63) is 25.3 Å². The molecule has 0 spiro atoms. The van der Waals surface area contributed by atoms with Crippen LogP contribution in [0.25, 0.3) is 0 Å². The van der Waals surface area contributed by atoms with E-state index >= 15 is 0 Å². The van der Waals surface area contributed by atoms with Gasteiger partial charge in [0, 0.05) is 12.2 Å². The molecule has 4 atom stereocenters. The summed E-state index contributed by atoms with van der Waals surface area (Å²) in [6, 6.07) is 0. The molecule has 0 rings (SSSR count). The van der Waals surface area contributed by atoms with Gasteiger partial charge in [0.2, 0.25) is 0 Å². The molecule has 0 saturated heterocycles. The molecule has 0 aromatic carbocycles. The Bertz CT molecular complexity index is 422. The average molecular weight is 358 g/mol. The lowest BCUT2D eigenvalue weighted by Gasteiger charge is -2.21. The van der Waals surface area contributed by atoms with Crippen molar-refractivity contribution in [2.75, 3.05) is 26.4 Å². The highest BCUT2D eigenvalue weighted by molar-refractivity contribution is 5.81. The monoisotopic (exact) mass is 358 g/mol. The van der Waals surface area contributed by atoms with Crippen LogP contribution in [0.4, 0.5) is 0 Å². The summed E-state index contributed by atoms with van der Waals surface area (Å²) in [6.07, 6.45) is 1.35. The summed E-state index contributed by atoms with van der Waals surface area (Å²) < 4.78 is 26.6. The fourth-order valence-corrected chi connectivity index (χ4v) is 1.58. The van der Waals surface area contributed by atoms with Crippen LogP contribution >= 0.6 is 0 Å². The van der Waals surface area contributed by atoms with E-state index < -0.39 is 11.9 Å². The van der Waals surface area contributed by atoms with Gasteiger partial charge in [-0.2, -0.15) is 0 Å². The van der Waals surface area contributed by atoms with Crippen LogP contribution < -0.4 is 0 Å². The van der Waals surface area contributed by atoms with Gasteiger partial charge in [0.1, 0.15) is 12.7 Å². The molecule has 4 unspecified atom stereocenters. The molecule has 0 N–H and O–H groups in total. The Hall–Kier alpha value is -1.70. The Balaban J connectivity index is 3.80. The van der Waals surface area contributed by atoms with Crippen LogP contribution in [0.15, 0.2) is 25.3 Å². The third kappa shape index (κ3) is 13.3. The molecule has 0 amide bonds. The Morgan fingerprint density at radius 1 is 0.720 bits per heavy atom. The second-order valence-electron chi connectivity index (χ2n) is 5.72. The molecule has 7 heteroatoms. The van der Waals surface area contributed by atoms with Crippen molar-refractivity contribution in [2.45, 2.75) is 52.1 Å². The molecule has 0 saturated carbocycles. The lowest BCUT2D eigenvalue weighted by atomic mass is 10.3. The van der Waals surface area contributed by atoms with Crippen molar-refractivity contribution in [3.63, 3.8) is 0 Å². The molecule has 0 radical (unpaired) electrons. The summed E-state index contributed by atoms with van der Waals surface area (Å²) in [5.41, 5.74) is 0. The predicted octanol–water partition coefficient (Wildman–Crippen LogP) is 2.05. The van der Waals surface area contributed by atoms with Gasteiger partial charge >= 0.3 is 11.9 Å². The van der Waals surface area contributed by atoms with E-state index in [2.05, 4.69) is 13.2 Å². The number of carbonyl (C=O) groups is 2. The lowest BCUT2D eigenvalue weighted by molar-refractivity contribution is -0.147. The van der Waals surface area contributed by atoms with Gasteiger partial charge in [-0.3, -0.25) is 0 Å². The van der Waals surface area contributed by atoms with Gasteiger partial charge in [0.15, 0.2) is 0 Å². The van der Waals surface area contributed by atoms with Gasteiger partial charge in [-0.25, -0.2) is 9.59 Å². The van der Waals surface area contributed by atoms with E-state index in [1.807, 2.05) is 13.8 Å². The molecule has 0 fully saturated rings. The maximum Gasteiger partial charge on any atom is 0.330 e. The number of hydrogen-bond acceptors (Lipinski definition) is 7. The highest BCUT2D eigenvalue weighted by Crippen LogP contribution is 2.02. The molecule has 0 aliphatic rings. The Morgan fingerprint density at radius 2 is 1.12 bits per heavy atom. The zero-order valence-electron chi connectivity index (χ0n) is 15.6. The van der Waals surface area contributed by atoms with Crippen molar-refractivity contribution in [3.8, 4) is 0 Å². The van der Waals surface area contributed by atoms with Crippen LogP contribution in [-0.2, 0) is 33.3 Å².